The number of carbonyl (C=O) groups excluding carboxylic acids is 3. The summed E-state index contributed by atoms with van der Waals surface area (Å²) < 4.78 is 5.79. The van der Waals surface area contributed by atoms with Crippen molar-refractivity contribution in [2.45, 2.75) is 124 Å². The van der Waals surface area contributed by atoms with E-state index in [1.807, 2.05) is 0 Å². The summed E-state index contributed by atoms with van der Waals surface area (Å²) in [6.07, 6.45) is 15.1. The van der Waals surface area contributed by atoms with Crippen molar-refractivity contribution in [1.82, 2.24) is 10.6 Å². The third-order valence-corrected chi connectivity index (χ3v) is 11.8. The van der Waals surface area contributed by atoms with E-state index in [1.165, 1.54) is 56.9 Å². The molecule has 42 heavy (non-hydrogen) atoms. The molecule has 0 spiro atoms. The van der Waals surface area contributed by atoms with Gasteiger partial charge in [0, 0.05) is 31.9 Å². The van der Waals surface area contributed by atoms with Crippen LogP contribution in [-0.2, 0) is 14.3 Å². The van der Waals surface area contributed by atoms with Gasteiger partial charge in [0.05, 0.1) is 0 Å². The van der Waals surface area contributed by atoms with E-state index in [1.54, 1.807) is 0 Å². The summed E-state index contributed by atoms with van der Waals surface area (Å²) in [6.45, 7) is 12.8. The Balaban J connectivity index is 0.00000484. The summed E-state index contributed by atoms with van der Waals surface area (Å²) in [7, 11) is 0. The largest absolute Gasteiger partial charge is 1.00 e. The number of amides is 2. The fraction of sp³-hybridized carbons (Fsp3) is 0.853. The predicted molar refractivity (Wildman–Crippen MR) is 159 cm³/mol. The number of carboxylic acid groups (broad SMARTS) is 1. The van der Waals surface area contributed by atoms with E-state index < -0.39 is 12.1 Å². The average molecular weight is 579 g/mol. The van der Waals surface area contributed by atoms with E-state index >= 15 is 0 Å². The van der Waals surface area contributed by atoms with Crippen LogP contribution in [0.4, 0.5) is 4.79 Å². The van der Waals surface area contributed by atoms with Crippen LogP contribution in [-0.4, -0.2) is 37.2 Å². The number of alkyl carbamates (subject to hydrolysis) is 1. The third-order valence-electron chi connectivity index (χ3n) is 11.8. The molecule has 0 aromatic heterocycles. The van der Waals surface area contributed by atoms with Gasteiger partial charge in [-0.15, -0.1) is 0 Å². The van der Waals surface area contributed by atoms with Crippen molar-refractivity contribution in [3.05, 3.63) is 11.6 Å². The number of fused-ring (bicyclic) bond motifs is 5. The minimum absolute atomic E-state index is 0. The molecule has 8 atom stereocenters. The van der Waals surface area contributed by atoms with Crippen LogP contribution in [0.5, 0.6) is 0 Å². The fourth-order valence-corrected chi connectivity index (χ4v) is 9.62. The number of ether oxygens (including phenoxy) is 1. The van der Waals surface area contributed by atoms with E-state index in [9.17, 15) is 19.5 Å². The van der Waals surface area contributed by atoms with Gasteiger partial charge in [-0.3, -0.25) is 4.79 Å². The summed E-state index contributed by atoms with van der Waals surface area (Å²) in [5.41, 5.74) is 2.21. The molecular formula is C34H55LiN2O5. The van der Waals surface area contributed by atoms with Gasteiger partial charge in [-0.05, 0) is 97.7 Å². The number of hydrogen-bond acceptors (Lipinski definition) is 5. The zero-order valence-electron chi connectivity index (χ0n) is 27.3. The summed E-state index contributed by atoms with van der Waals surface area (Å²) in [4.78, 5) is 34.5. The second kappa shape index (κ2) is 15.0. The minimum Gasteiger partial charge on any atom is -0.550 e. The molecule has 4 aliphatic rings. The Hall–Kier alpha value is -1.45. The standard InChI is InChI=1S/C34H56N2O5.Li/c1-22(2)7-6-8-23(3)27-11-12-28-26-10-9-24-21-25(15-17-33(24,4)29(26)16-18-34(27,28)5)41-32(40)36-20-19-35-30(37)13-14-31(38)39;/h9,22-23,25-29H,6-8,10-21H2,1-5H3,(H,35,37)(H,36,40)(H,38,39);/q;+1/p-1/t23-,25+,26?,27-,28?,29?,33+,34-;/m0./s1. The molecule has 232 valence electrons. The number of carbonyl (C=O) groups is 3. The van der Waals surface area contributed by atoms with Crippen LogP contribution in [0.2, 0.25) is 0 Å². The van der Waals surface area contributed by atoms with Crippen molar-refractivity contribution in [1.29, 1.82) is 0 Å². The van der Waals surface area contributed by atoms with Gasteiger partial charge in [0.1, 0.15) is 6.10 Å². The van der Waals surface area contributed by atoms with Crippen molar-refractivity contribution < 1.29 is 43.1 Å². The summed E-state index contributed by atoms with van der Waals surface area (Å²) in [5.74, 6) is 3.26. The summed E-state index contributed by atoms with van der Waals surface area (Å²) in [5, 5.41) is 15.8. The van der Waals surface area contributed by atoms with Crippen LogP contribution in [0.3, 0.4) is 0 Å². The van der Waals surface area contributed by atoms with Crippen molar-refractivity contribution >= 4 is 18.0 Å². The van der Waals surface area contributed by atoms with Gasteiger partial charge in [0.2, 0.25) is 5.91 Å². The monoisotopic (exact) mass is 578 g/mol. The SMILES string of the molecule is CC(C)CCC[C@H](C)[C@@H]1CCC2C3CC=C4C[C@H](OC(=O)NCCNC(=O)CCC(=O)[O-])CC[C@@]4(C)C3CC[C@]21C.[Li+]. The van der Waals surface area contributed by atoms with Gasteiger partial charge >= 0.3 is 25.0 Å². The van der Waals surface area contributed by atoms with Gasteiger partial charge in [0.15, 0.2) is 0 Å². The van der Waals surface area contributed by atoms with E-state index in [-0.39, 0.29) is 62.2 Å². The second-order valence-corrected chi connectivity index (χ2v) is 14.7. The Morgan fingerprint density at radius 3 is 2.43 bits per heavy atom. The fourth-order valence-electron chi connectivity index (χ4n) is 9.62. The maximum absolute atomic E-state index is 12.4. The van der Waals surface area contributed by atoms with Gasteiger partial charge in [0.25, 0.3) is 0 Å². The molecule has 0 heterocycles. The Labute approximate surface area is 266 Å². The van der Waals surface area contributed by atoms with Gasteiger partial charge < -0.3 is 25.3 Å². The molecule has 0 aromatic carbocycles. The molecule has 0 saturated heterocycles. The zero-order chi connectivity index (χ0) is 29.8. The third kappa shape index (κ3) is 7.98. The Kier molecular flexibility index (Phi) is 12.5. The number of aliphatic carboxylic acids is 1. The molecule has 4 aliphatic carbocycles. The van der Waals surface area contributed by atoms with E-state index in [2.05, 4.69) is 51.3 Å². The van der Waals surface area contributed by atoms with Crippen LogP contribution < -0.4 is 34.6 Å². The molecule has 0 bridgehead atoms. The Morgan fingerprint density at radius 1 is 0.976 bits per heavy atom. The molecule has 0 radical (unpaired) electrons. The quantitative estimate of drug-likeness (QED) is 0.210. The topological polar surface area (TPSA) is 108 Å². The van der Waals surface area contributed by atoms with Crippen molar-refractivity contribution in [3.63, 3.8) is 0 Å². The molecule has 7 nitrogen and oxygen atoms in total. The molecular weight excluding hydrogens is 523 g/mol. The van der Waals surface area contributed by atoms with Crippen LogP contribution in [0, 0.1) is 46.3 Å². The van der Waals surface area contributed by atoms with Crippen molar-refractivity contribution in [2.24, 2.45) is 46.3 Å². The van der Waals surface area contributed by atoms with E-state index in [0.29, 0.717) is 5.41 Å². The molecule has 3 fully saturated rings. The molecule has 8 heteroatoms. The number of allylic oxidation sites excluding steroid dienone is 1. The first-order chi connectivity index (χ1) is 19.4. The molecule has 0 aromatic rings. The minimum atomic E-state index is -1.25. The average Bonchev–Trinajstić information content (AvgIpc) is 3.27. The maximum atomic E-state index is 12.4. The normalized spacial score (nSPS) is 34.1. The van der Waals surface area contributed by atoms with Gasteiger partial charge in [-0.1, -0.05) is 65.5 Å². The first-order valence-corrected chi connectivity index (χ1v) is 16.5. The van der Waals surface area contributed by atoms with Crippen molar-refractivity contribution in [3.8, 4) is 0 Å². The summed E-state index contributed by atoms with van der Waals surface area (Å²) in [6, 6.07) is 0. The molecule has 2 amide bonds. The summed E-state index contributed by atoms with van der Waals surface area (Å²) >= 11 is 0. The first kappa shape index (κ1) is 35.0. The number of carboxylic acids is 1. The molecule has 2 N–H and O–H groups in total. The first-order valence-electron chi connectivity index (χ1n) is 16.5. The second-order valence-electron chi connectivity index (χ2n) is 14.7. The van der Waals surface area contributed by atoms with Gasteiger partial charge in [-0.25, -0.2) is 4.79 Å². The predicted octanol–water partition coefficient (Wildman–Crippen LogP) is 2.77. The van der Waals surface area contributed by atoms with Crippen LogP contribution in [0.15, 0.2) is 11.6 Å². The maximum Gasteiger partial charge on any atom is 1.00 e. The number of rotatable bonds is 12. The van der Waals surface area contributed by atoms with Gasteiger partial charge in [-0.2, -0.15) is 0 Å². The van der Waals surface area contributed by atoms with Crippen LogP contribution >= 0.6 is 0 Å². The molecule has 3 saturated carbocycles. The van der Waals surface area contributed by atoms with E-state index in [0.717, 1.165) is 54.8 Å². The number of hydrogen-bond donors (Lipinski definition) is 2. The molecule has 0 aliphatic heterocycles. The Bertz CT molecular complexity index is 985. The number of nitrogens with one attached hydrogen (secondary N) is 2. The molecule has 4 rings (SSSR count). The smallest absolute Gasteiger partial charge is 0.550 e. The van der Waals surface area contributed by atoms with Crippen LogP contribution in [0.1, 0.15) is 118 Å². The van der Waals surface area contributed by atoms with E-state index in [4.69, 9.17) is 4.74 Å². The van der Waals surface area contributed by atoms with Crippen LogP contribution in [0.25, 0.3) is 0 Å². The molecule has 3 unspecified atom stereocenters. The zero-order valence-corrected chi connectivity index (χ0v) is 27.3. The van der Waals surface area contributed by atoms with Crippen molar-refractivity contribution in [2.75, 3.05) is 13.1 Å². The Morgan fingerprint density at radius 2 is 1.71 bits per heavy atom.